The number of rotatable bonds is 9. The topological polar surface area (TPSA) is 99.9 Å². The standard InChI is InChI=1S/C27H21Cl2F2N3O3/c28-20-10-17(12-32)24(36-13-15-7-8-23(34-35)22(33)9-15)11-25(20)37-14-16-3-1-4-18(26(16)29)19-5-2-6-21(30)27(19)31/h1-11H,12-14,32-33H2. The Morgan fingerprint density at radius 3 is 2.30 bits per heavy atom. The Morgan fingerprint density at radius 1 is 0.838 bits per heavy atom. The lowest BCUT2D eigenvalue weighted by molar-refractivity contribution is 0.288. The van der Waals surface area contributed by atoms with Crippen LogP contribution in [0, 0.1) is 16.5 Å². The Bertz CT molecular complexity index is 1470. The molecule has 0 bridgehead atoms. The lowest BCUT2D eigenvalue weighted by Crippen LogP contribution is -2.05. The summed E-state index contributed by atoms with van der Waals surface area (Å²) in [6, 6.07) is 16.9. The van der Waals surface area contributed by atoms with Crippen molar-refractivity contribution in [3.8, 4) is 22.6 Å². The van der Waals surface area contributed by atoms with Crippen LogP contribution in [0.1, 0.15) is 16.7 Å². The van der Waals surface area contributed by atoms with Gasteiger partial charge in [0.05, 0.1) is 15.7 Å². The molecule has 0 heterocycles. The van der Waals surface area contributed by atoms with Crippen LogP contribution in [-0.4, -0.2) is 0 Å². The Kier molecular flexibility index (Phi) is 8.23. The molecule has 0 aliphatic carbocycles. The summed E-state index contributed by atoms with van der Waals surface area (Å²) < 4.78 is 39.9. The van der Waals surface area contributed by atoms with E-state index in [0.717, 1.165) is 11.6 Å². The smallest absolute Gasteiger partial charge is 0.166 e. The lowest BCUT2D eigenvalue weighted by atomic mass is 10.0. The fourth-order valence-corrected chi connectivity index (χ4v) is 4.21. The highest BCUT2D eigenvalue weighted by molar-refractivity contribution is 6.34. The highest BCUT2D eigenvalue weighted by Gasteiger charge is 2.16. The van der Waals surface area contributed by atoms with E-state index in [1.165, 1.54) is 18.2 Å². The quantitative estimate of drug-likeness (QED) is 0.168. The minimum atomic E-state index is -0.983. The number of ether oxygens (including phenoxy) is 2. The molecule has 0 radical (unpaired) electrons. The van der Waals surface area contributed by atoms with E-state index in [9.17, 15) is 13.7 Å². The van der Waals surface area contributed by atoms with Crippen LogP contribution in [-0.2, 0) is 19.8 Å². The molecule has 4 aromatic rings. The Morgan fingerprint density at radius 2 is 1.57 bits per heavy atom. The summed E-state index contributed by atoms with van der Waals surface area (Å²) in [4.78, 5) is 10.7. The second-order valence-electron chi connectivity index (χ2n) is 8.04. The van der Waals surface area contributed by atoms with E-state index in [1.54, 1.807) is 42.5 Å². The molecule has 10 heteroatoms. The summed E-state index contributed by atoms with van der Waals surface area (Å²) in [7, 11) is 0. The maximum absolute atomic E-state index is 14.3. The number of hydrogen-bond donors (Lipinski definition) is 2. The highest BCUT2D eigenvalue weighted by atomic mass is 35.5. The van der Waals surface area contributed by atoms with Crippen LogP contribution in [0.4, 0.5) is 20.2 Å². The van der Waals surface area contributed by atoms with E-state index in [-0.39, 0.29) is 41.7 Å². The van der Waals surface area contributed by atoms with E-state index >= 15 is 0 Å². The number of nitrogens with two attached hydrogens (primary N) is 2. The van der Waals surface area contributed by atoms with Crippen LogP contribution in [0.3, 0.4) is 0 Å². The summed E-state index contributed by atoms with van der Waals surface area (Å²) in [5, 5.41) is 3.39. The number of nitrogens with zero attached hydrogens (tertiary/aromatic N) is 1. The van der Waals surface area contributed by atoms with E-state index in [2.05, 4.69) is 5.18 Å². The average Bonchev–Trinajstić information content (AvgIpc) is 2.89. The van der Waals surface area contributed by atoms with Crippen LogP contribution in [0.2, 0.25) is 10.0 Å². The molecule has 6 nitrogen and oxygen atoms in total. The molecule has 0 saturated heterocycles. The zero-order valence-electron chi connectivity index (χ0n) is 19.3. The summed E-state index contributed by atoms with van der Waals surface area (Å²) in [6.45, 7) is 0.310. The van der Waals surface area contributed by atoms with Gasteiger partial charge in [-0.2, -0.15) is 0 Å². The van der Waals surface area contributed by atoms with Gasteiger partial charge in [0.15, 0.2) is 11.6 Å². The third-order valence-electron chi connectivity index (χ3n) is 5.62. The van der Waals surface area contributed by atoms with Crippen molar-refractivity contribution < 1.29 is 18.3 Å². The summed E-state index contributed by atoms with van der Waals surface area (Å²) in [5.74, 6) is -1.19. The van der Waals surface area contributed by atoms with E-state index in [1.807, 2.05) is 0 Å². The Labute approximate surface area is 221 Å². The van der Waals surface area contributed by atoms with Gasteiger partial charge < -0.3 is 20.9 Å². The van der Waals surface area contributed by atoms with Gasteiger partial charge in [-0.1, -0.05) is 59.6 Å². The van der Waals surface area contributed by atoms with Gasteiger partial charge in [-0.05, 0) is 35.0 Å². The van der Waals surface area contributed by atoms with Crippen LogP contribution in [0.5, 0.6) is 11.5 Å². The van der Waals surface area contributed by atoms with Gasteiger partial charge in [0.2, 0.25) is 0 Å². The monoisotopic (exact) mass is 543 g/mol. The van der Waals surface area contributed by atoms with Gasteiger partial charge in [0.25, 0.3) is 0 Å². The molecular formula is C27H21Cl2F2N3O3. The summed E-state index contributed by atoms with van der Waals surface area (Å²) in [6.07, 6.45) is 0. The van der Waals surface area contributed by atoms with Crippen LogP contribution in [0.15, 0.2) is 71.9 Å². The highest BCUT2D eigenvalue weighted by Crippen LogP contribution is 2.36. The van der Waals surface area contributed by atoms with Crippen LogP contribution in [0.25, 0.3) is 11.1 Å². The predicted octanol–water partition coefficient (Wildman–Crippen LogP) is 7.54. The van der Waals surface area contributed by atoms with E-state index in [0.29, 0.717) is 33.2 Å². The normalized spacial score (nSPS) is 10.8. The number of nitrogen functional groups attached to an aromatic ring is 1. The van der Waals surface area contributed by atoms with Crippen molar-refractivity contribution in [1.29, 1.82) is 0 Å². The first-order valence-electron chi connectivity index (χ1n) is 11.0. The van der Waals surface area contributed by atoms with Gasteiger partial charge >= 0.3 is 0 Å². The number of halogens is 4. The van der Waals surface area contributed by atoms with Crippen LogP contribution >= 0.6 is 23.2 Å². The molecule has 0 aromatic heterocycles. The summed E-state index contributed by atoms with van der Waals surface area (Å²) >= 11 is 12.9. The number of anilines is 1. The van der Waals surface area contributed by atoms with Gasteiger partial charge in [-0.15, -0.1) is 4.91 Å². The molecule has 0 atom stereocenters. The van der Waals surface area contributed by atoms with Crippen molar-refractivity contribution >= 4 is 34.6 Å². The first-order valence-corrected chi connectivity index (χ1v) is 11.8. The van der Waals surface area contributed by atoms with E-state index in [4.69, 9.17) is 44.1 Å². The third kappa shape index (κ3) is 5.83. The second kappa shape index (κ2) is 11.6. The number of benzene rings is 4. The molecule has 0 fully saturated rings. The molecule has 0 aliphatic heterocycles. The predicted molar refractivity (Wildman–Crippen MR) is 141 cm³/mol. The van der Waals surface area contributed by atoms with Crippen molar-refractivity contribution in [1.82, 2.24) is 0 Å². The van der Waals surface area contributed by atoms with Crippen molar-refractivity contribution in [2.45, 2.75) is 19.8 Å². The molecule has 37 heavy (non-hydrogen) atoms. The molecule has 0 aliphatic rings. The van der Waals surface area contributed by atoms with Crippen molar-refractivity contribution in [3.05, 3.63) is 110 Å². The SMILES string of the molecule is NCc1cc(Cl)c(OCc2cccc(-c3cccc(F)c3F)c2Cl)cc1OCc1ccc(N=O)c(N)c1. The largest absolute Gasteiger partial charge is 0.488 e. The molecule has 0 spiro atoms. The number of hydrogen-bond acceptors (Lipinski definition) is 6. The third-order valence-corrected chi connectivity index (χ3v) is 6.36. The molecule has 0 saturated carbocycles. The molecular weight excluding hydrogens is 523 g/mol. The molecule has 0 amide bonds. The minimum absolute atomic E-state index is 0.00142. The van der Waals surface area contributed by atoms with E-state index < -0.39 is 11.6 Å². The molecule has 4 rings (SSSR count). The fraction of sp³-hybridized carbons (Fsp3) is 0.111. The van der Waals surface area contributed by atoms with Crippen molar-refractivity contribution in [2.24, 2.45) is 10.9 Å². The van der Waals surface area contributed by atoms with Crippen molar-refractivity contribution in [2.75, 3.05) is 5.73 Å². The molecule has 4 N–H and O–H groups in total. The Hall–Kier alpha value is -3.72. The fourth-order valence-electron chi connectivity index (χ4n) is 3.69. The second-order valence-corrected chi connectivity index (χ2v) is 8.82. The summed E-state index contributed by atoms with van der Waals surface area (Å²) in [5.41, 5.74) is 14.4. The maximum Gasteiger partial charge on any atom is 0.166 e. The van der Waals surface area contributed by atoms with Crippen LogP contribution < -0.4 is 20.9 Å². The Balaban J connectivity index is 1.55. The van der Waals surface area contributed by atoms with Gasteiger partial charge in [-0.3, -0.25) is 0 Å². The zero-order valence-corrected chi connectivity index (χ0v) is 20.8. The average molecular weight is 544 g/mol. The lowest BCUT2D eigenvalue weighted by Gasteiger charge is -2.16. The first-order chi connectivity index (χ1) is 17.8. The minimum Gasteiger partial charge on any atom is -0.488 e. The molecule has 190 valence electrons. The number of nitroso groups, excluding NO2 is 1. The van der Waals surface area contributed by atoms with Gasteiger partial charge in [0, 0.05) is 34.9 Å². The van der Waals surface area contributed by atoms with Gasteiger partial charge in [-0.25, -0.2) is 8.78 Å². The zero-order chi connectivity index (χ0) is 26.5. The molecule has 0 unspecified atom stereocenters. The first kappa shape index (κ1) is 26.3. The van der Waals surface area contributed by atoms with Crippen molar-refractivity contribution in [3.63, 3.8) is 0 Å². The maximum atomic E-state index is 14.3. The van der Waals surface area contributed by atoms with Gasteiger partial charge in [0.1, 0.15) is 30.4 Å². The molecule has 4 aromatic carbocycles.